The largest absolute Gasteiger partial charge is 0.484 e. The van der Waals surface area contributed by atoms with E-state index >= 15 is 0 Å². The molecule has 0 bridgehead atoms. The van der Waals surface area contributed by atoms with Crippen LogP contribution in [0.25, 0.3) is 0 Å². The highest BCUT2D eigenvalue weighted by Crippen LogP contribution is 2.41. The SMILES string of the molecule is Cc1ccc(C(NC(=O)COc2ccc(Br)cc2)C2CC2)cc1. The summed E-state index contributed by atoms with van der Waals surface area (Å²) in [6.07, 6.45) is 2.35. The summed E-state index contributed by atoms with van der Waals surface area (Å²) in [4.78, 5) is 12.2. The van der Waals surface area contributed by atoms with E-state index in [1.165, 1.54) is 24.0 Å². The molecule has 1 fully saturated rings. The molecular formula is C19H20BrNO2. The van der Waals surface area contributed by atoms with Gasteiger partial charge in [-0.1, -0.05) is 45.8 Å². The Bertz CT molecular complexity index is 663. The summed E-state index contributed by atoms with van der Waals surface area (Å²) in [7, 11) is 0. The Morgan fingerprint density at radius 3 is 2.43 bits per heavy atom. The fraction of sp³-hybridized carbons (Fsp3) is 0.316. The number of carbonyl (C=O) groups excluding carboxylic acids is 1. The van der Waals surface area contributed by atoms with Gasteiger partial charge in [-0.25, -0.2) is 0 Å². The molecule has 3 nitrogen and oxygen atoms in total. The van der Waals surface area contributed by atoms with Crippen molar-refractivity contribution in [3.05, 3.63) is 64.1 Å². The first kappa shape index (κ1) is 16.1. The van der Waals surface area contributed by atoms with E-state index in [4.69, 9.17) is 4.74 Å². The third-order valence-corrected chi connectivity index (χ3v) is 4.56. The van der Waals surface area contributed by atoms with Gasteiger partial charge in [-0.2, -0.15) is 0 Å². The number of amides is 1. The molecule has 0 aromatic heterocycles. The molecule has 0 spiro atoms. The van der Waals surface area contributed by atoms with Crippen LogP contribution in [0.15, 0.2) is 53.0 Å². The Balaban J connectivity index is 1.58. The lowest BCUT2D eigenvalue weighted by molar-refractivity contribution is -0.124. The molecule has 0 aliphatic heterocycles. The molecule has 0 heterocycles. The molecule has 1 aliphatic rings. The Morgan fingerprint density at radius 2 is 1.83 bits per heavy atom. The van der Waals surface area contributed by atoms with Gasteiger partial charge in [0.15, 0.2) is 6.61 Å². The molecule has 3 rings (SSSR count). The predicted octanol–water partition coefficient (Wildman–Crippen LogP) is 4.40. The van der Waals surface area contributed by atoms with Crippen molar-refractivity contribution in [3.8, 4) is 5.75 Å². The van der Waals surface area contributed by atoms with Crippen LogP contribution in [0.4, 0.5) is 0 Å². The van der Waals surface area contributed by atoms with Crippen molar-refractivity contribution in [1.29, 1.82) is 0 Å². The van der Waals surface area contributed by atoms with Crippen LogP contribution in [0.2, 0.25) is 0 Å². The first-order valence-electron chi connectivity index (χ1n) is 7.86. The van der Waals surface area contributed by atoms with Gasteiger partial charge in [-0.3, -0.25) is 4.79 Å². The van der Waals surface area contributed by atoms with Gasteiger partial charge in [0.2, 0.25) is 0 Å². The summed E-state index contributed by atoms with van der Waals surface area (Å²) in [6, 6.07) is 16.0. The zero-order valence-corrected chi connectivity index (χ0v) is 14.7. The standard InChI is InChI=1S/C19H20BrNO2/c1-13-2-4-14(5-3-13)19(15-6-7-15)21-18(22)12-23-17-10-8-16(20)9-11-17/h2-5,8-11,15,19H,6-7,12H2,1H3,(H,21,22). The van der Waals surface area contributed by atoms with Crippen LogP contribution < -0.4 is 10.1 Å². The van der Waals surface area contributed by atoms with E-state index in [2.05, 4.69) is 52.4 Å². The first-order valence-corrected chi connectivity index (χ1v) is 8.65. The lowest BCUT2D eigenvalue weighted by Crippen LogP contribution is -2.33. The average molecular weight is 374 g/mol. The maximum atomic E-state index is 12.2. The summed E-state index contributed by atoms with van der Waals surface area (Å²) >= 11 is 3.38. The van der Waals surface area contributed by atoms with Crippen molar-refractivity contribution in [1.82, 2.24) is 5.32 Å². The molecule has 0 saturated heterocycles. The molecule has 1 N–H and O–H groups in total. The topological polar surface area (TPSA) is 38.3 Å². The normalized spacial score (nSPS) is 15.0. The summed E-state index contributed by atoms with van der Waals surface area (Å²) in [5.41, 5.74) is 2.41. The van der Waals surface area contributed by atoms with Crippen LogP contribution in [-0.2, 0) is 4.79 Å². The molecule has 1 saturated carbocycles. The minimum atomic E-state index is -0.0783. The highest BCUT2D eigenvalue weighted by atomic mass is 79.9. The van der Waals surface area contributed by atoms with Crippen molar-refractivity contribution in [2.24, 2.45) is 5.92 Å². The van der Waals surface area contributed by atoms with E-state index in [-0.39, 0.29) is 18.6 Å². The van der Waals surface area contributed by atoms with Crippen molar-refractivity contribution >= 4 is 21.8 Å². The molecule has 1 atom stereocenters. The lowest BCUT2D eigenvalue weighted by atomic mass is 10.0. The van der Waals surface area contributed by atoms with Gasteiger partial charge in [0.25, 0.3) is 5.91 Å². The molecule has 23 heavy (non-hydrogen) atoms. The zero-order chi connectivity index (χ0) is 16.2. The summed E-state index contributed by atoms with van der Waals surface area (Å²) in [5.74, 6) is 1.17. The van der Waals surface area contributed by atoms with Crippen molar-refractivity contribution in [2.45, 2.75) is 25.8 Å². The first-order chi connectivity index (χ1) is 11.1. The van der Waals surface area contributed by atoms with Gasteiger partial charge in [0.05, 0.1) is 6.04 Å². The zero-order valence-electron chi connectivity index (χ0n) is 13.1. The Hall–Kier alpha value is -1.81. The molecule has 1 unspecified atom stereocenters. The van der Waals surface area contributed by atoms with Gasteiger partial charge < -0.3 is 10.1 Å². The van der Waals surface area contributed by atoms with Crippen molar-refractivity contribution in [3.63, 3.8) is 0 Å². The molecule has 0 radical (unpaired) electrons. The van der Waals surface area contributed by atoms with Crippen LogP contribution in [0.3, 0.4) is 0 Å². The number of carbonyl (C=O) groups is 1. The van der Waals surface area contributed by atoms with Gasteiger partial charge >= 0.3 is 0 Å². The molecule has 1 aliphatic carbocycles. The van der Waals surface area contributed by atoms with Gasteiger partial charge in [0.1, 0.15) is 5.75 Å². The summed E-state index contributed by atoms with van der Waals surface area (Å²) in [6.45, 7) is 2.11. The molecule has 1 amide bonds. The number of hydrogen-bond acceptors (Lipinski definition) is 2. The second-order valence-corrected chi connectivity index (χ2v) is 6.95. The summed E-state index contributed by atoms with van der Waals surface area (Å²) < 4.78 is 6.53. The van der Waals surface area contributed by atoms with E-state index < -0.39 is 0 Å². The van der Waals surface area contributed by atoms with Crippen molar-refractivity contribution in [2.75, 3.05) is 6.61 Å². The quantitative estimate of drug-likeness (QED) is 0.814. The van der Waals surface area contributed by atoms with Crippen molar-refractivity contribution < 1.29 is 9.53 Å². The van der Waals surface area contributed by atoms with Crippen LogP contribution in [0.1, 0.15) is 30.0 Å². The average Bonchev–Trinajstić information content (AvgIpc) is 3.38. The fourth-order valence-electron chi connectivity index (χ4n) is 2.57. The number of rotatable bonds is 6. The van der Waals surface area contributed by atoms with Crippen LogP contribution in [0.5, 0.6) is 5.75 Å². The number of ether oxygens (including phenoxy) is 1. The number of benzene rings is 2. The Kier molecular flexibility index (Phi) is 5.01. The van der Waals surface area contributed by atoms with Gasteiger partial charge in [-0.05, 0) is 55.5 Å². The molecule has 2 aromatic rings. The van der Waals surface area contributed by atoms with E-state index in [1.54, 1.807) is 0 Å². The Morgan fingerprint density at radius 1 is 1.17 bits per heavy atom. The minimum Gasteiger partial charge on any atom is -0.484 e. The molecule has 4 heteroatoms. The third-order valence-electron chi connectivity index (χ3n) is 4.03. The van der Waals surface area contributed by atoms with E-state index in [0.717, 1.165) is 4.47 Å². The fourth-order valence-corrected chi connectivity index (χ4v) is 2.84. The maximum absolute atomic E-state index is 12.2. The minimum absolute atomic E-state index is 0.0384. The molecular weight excluding hydrogens is 354 g/mol. The number of hydrogen-bond donors (Lipinski definition) is 1. The highest BCUT2D eigenvalue weighted by Gasteiger charge is 2.33. The second-order valence-electron chi connectivity index (χ2n) is 6.04. The second kappa shape index (κ2) is 7.18. The van der Waals surface area contributed by atoms with E-state index in [9.17, 15) is 4.79 Å². The van der Waals surface area contributed by atoms with Gasteiger partial charge in [-0.15, -0.1) is 0 Å². The number of aryl methyl sites for hydroxylation is 1. The number of halogens is 1. The highest BCUT2D eigenvalue weighted by molar-refractivity contribution is 9.10. The monoisotopic (exact) mass is 373 g/mol. The summed E-state index contributed by atoms with van der Waals surface area (Å²) in [5, 5.41) is 3.12. The number of nitrogens with one attached hydrogen (secondary N) is 1. The third kappa shape index (κ3) is 4.58. The molecule has 2 aromatic carbocycles. The van der Waals surface area contributed by atoms with E-state index in [0.29, 0.717) is 11.7 Å². The van der Waals surface area contributed by atoms with Crippen LogP contribution in [-0.4, -0.2) is 12.5 Å². The van der Waals surface area contributed by atoms with Gasteiger partial charge in [0, 0.05) is 4.47 Å². The lowest BCUT2D eigenvalue weighted by Gasteiger charge is -2.19. The van der Waals surface area contributed by atoms with Crippen LogP contribution in [0, 0.1) is 12.8 Å². The predicted molar refractivity (Wildman–Crippen MR) is 94.4 cm³/mol. The smallest absolute Gasteiger partial charge is 0.258 e. The van der Waals surface area contributed by atoms with E-state index in [1.807, 2.05) is 24.3 Å². The maximum Gasteiger partial charge on any atom is 0.258 e. The Labute approximate surface area is 145 Å². The molecule has 120 valence electrons. The van der Waals surface area contributed by atoms with Crippen LogP contribution >= 0.6 is 15.9 Å².